The molecule has 12 heavy (non-hydrogen) atoms. The molecular formula is C7H6N2O2S. The lowest BCUT2D eigenvalue weighted by atomic mass is 10.2. The standard InChI is InChI=1S/C7H6N2O2S/c10-12(11)2-1-7-6(4-12)3-8-5-9-7/h1-3,5H,4H2. The van der Waals surface area contributed by atoms with Crippen molar-refractivity contribution in [3.8, 4) is 0 Å². The zero-order valence-electron chi connectivity index (χ0n) is 6.14. The summed E-state index contributed by atoms with van der Waals surface area (Å²) in [6, 6.07) is 0. The zero-order chi connectivity index (χ0) is 8.60. The van der Waals surface area contributed by atoms with Crippen molar-refractivity contribution in [1.29, 1.82) is 0 Å². The molecule has 0 atom stereocenters. The molecule has 1 aromatic rings. The van der Waals surface area contributed by atoms with Crippen molar-refractivity contribution in [2.24, 2.45) is 0 Å². The van der Waals surface area contributed by atoms with Crippen LogP contribution in [0.15, 0.2) is 17.9 Å². The van der Waals surface area contributed by atoms with Gasteiger partial charge in [-0.1, -0.05) is 0 Å². The predicted molar refractivity (Wildman–Crippen MR) is 43.7 cm³/mol. The average molecular weight is 182 g/mol. The molecule has 0 spiro atoms. The highest BCUT2D eigenvalue weighted by atomic mass is 32.2. The van der Waals surface area contributed by atoms with Crippen LogP contribution in [0.3, 0.4) is 0 Å². The van der Waals surface area contributed by atoms with E-state index in [-0.39, 0.29) is 5.75 Å². The van der Waals surface area contributed by atoms with E-state index in [4.69, 9.17) is 0 Å². The molecule has 62 valence electrons. The Morgan fingerprint density at radius 2 is 2.25 bits per heavy atom. The molecular weight excluding hydrogens is 176 g/mol. The SMILES string of the molecule is O=S1(=O)C=Cc2ncncc2C1. The monoisotopic (exact) mass is 182 g/mol. The van der Waals surface area contributed by atoms with Crippen LogP contribution >= 0.6 is 0 Å². The topological polar surface area (TPSA) is 59.9 Å². The second-order valence-electron chi connectivity index (χ2n) is 2.54. The van der Waals surface area contributed by atoms with Crippen LogP contribution in [0, 0.1) is 0 Å². The van der Waals surface area contributed by atoms with E-state index in [1.54, 1.807) is 0 Å². The summed E-state index contributed by atoms with van der Waals surface area (Å²) in [5, 5.41) is 1.18. The second kappa shape index (κ2) is 2.38. The first-order chi connectivity index (χ1) is 5.67. The van der Waals surface area contributed by atoms with Gasteiger partial charge in [0.25, 0.3) is 0 Å². The lowest BCUT2D eigenvalue weighted by Crippen LogP contribution is -2.07. The molecule has 0 fully saturated rings. The van der Waals surface area contributed by atoms with Gasteiger partial charge in [0.1, 0.15) is 6.33 Å². The summed E-state index contributed by atoms with van der Waals surface area (Å²) >= 11 is 0. The van der Waals surface area contributed by atoms with Crippen LogP contribution < -0.4 is 0 Å². The highest BCUT2D eigenvalue weighted by Crippen LogP contribution is 2.17. The molecule has 4 nitrogen and oxygen atoms in total. The van der Waals surface area contributed by atoms with Gasteiger partial charge in [-0.15, -0.1) is 0 Å². The summed E-state index contributed by atoms with van der Waals surface area (Å²) in [7, 11) is -3.06. The average Bonchev–Trinajstić information content (AvgIpc) is 2.02. The Morgan fingerprint density at radius 3 is 3.08 bits per heavy atom. The number of rotatable bonds is 0. The first-order valence-corrected chi connectivity index (χ1v) is 5.09. The molecule has 1 aliphatic rings. The Kier molecular flexibility index (Phi) is 1.47. The van der Waals surface area contributed by atoms with E-state index in [0.717, 1.165) is 0 Å². The number of fused-ring (bicyclic) bond motifs is 1. The maximum absolute atomic E-state index is 11.1. The fourth-order valence-electron chi connectivity index (χ4n) is 1.06. The Hall–Kier alpha value is -1.23. The quantitative estimate of drug-likeness (QED) is 0.581. The molecule has 0 bridgehead atoms. The van der Waals surface area contributed by atoms with Crippen LogP contribution in [0.5, 0.6) is 0 Å². The van der Waals surface area contributed by atoms with Gasteiger partial charge in [-0.2, -0.15) is 0 Å². The van der Waals surface area contributed by atoms with E-state index in [1.807, 2.05) is 0 Å². The van der Waals surface area contributed by atoms with Gasteiger partial charge in [-0.3, -0.25) is 0 Å². The summed E-state index contributed by atoms with van der Waals surface area (Å²) < 4.78 is 22.1. The molecule has 0 aromatic carbocycles. The molecule has 1 aliphatic heterocycles. The molecule has 0 saturated heterocycles. The summed E-state index contributed by atoms with van der Waals surface area (Å²) in [6.45, 7) is 0. The molecule has 5 heteroatoms. The number of nitrogens with zero attached hydrogens (tertiary/aromatic N) is 2. The maximum atomic E-state index is 11.1. The van der Waals surface area contributed by atoms with Crippen LogP contribution in [0.2, 0.25) is 0 Å². The van der Waals surface area contributed by atoms with Gasteiger partial charge in [0.05, 0.1) is 11.4 Å². The molecule has 0 saturated carbocycles. The molecule has 1 aromatic heterocycles. The van der Waals surface area contributed by atoms with E-state index in [1.165, 1.54) is 24.0 Å². The van der Waals surface area contributed by atoms with Gasteiger partial charge < -0.3 is 0 Å². The predicted octanol–water partition coefficient (Wildman–Crippen LogP) is 0.376. The lowest BCUT2D eigenvalue weighted by molar-refractivity contribution is 0.603. The minimum Gasteiger partial charge on any atom is -0.244 e. The van der Waals surface area contributed by atoms with Gasteiger partial charge in [-0.25, -0.2) is 18.4 Å². The van der Waals surface area contributed by atoms with Gasteiger partial charge in [0.2, 0.25) is 0 Å². The minimum absolute atomic E-state index is 0.0136. The highest BCUT2D eigenvalue weighted by molar-refractivity contribution is 7.93. The van der Waals surface area contributed by atoms with Gasteiger partial charge in [0.15, 0.2) is 9.84 Å². The molecule has 2 heterocycles. The Morgan fingerprint density at radius 1 is 1.42 bits per heavy atom. The highest BCUT2D eigenvalue weighted by Gasteiger charge is 2.16. The van der Waals surface area contributed by atoms with Crippen LogP contribution in [0.4, 0.5) is 0 Å². The van der Waals surface area contributed by atoms with Crippen molar-refractivity contribution < 1.29 is 8.42 Å². The van der Waals surface area contributed by atoms with Crippen molar-refractivity contribution in [3.63, 3.8) is 0 Å². The molecule has 0 N–H and O–H groups in total. The summed E-state index contributed by atoms with van der Waals surface area (Å²) in [4.78, 5) is 7.68. The zero-order valence-corrected chi connectivity index (χ0v) is 6.95. The maximum Gasteiger partial charge on any atom is 0.175 e. The normalized spacial score (nSPS) is 18.7. The van der Waals surface area contributed by atoms with Gasteiger partial charge >= 0.3 is 0 Å². The van der Waals surface area contributed by atoms with Crippen molar-refractivity contribution in [2.45, 2.75) is 5.75 Å². The fourth-order valence-corrected chi connectivity index (χ4v) is 2.15. The van der Waals surface area contributed by atoms with Gasteiger partial charge in [-0.05, 0) is 6.08 Å². The van der Waals surface area contributed by atoms with Crippen molar-refractivity contribution >= 4 is 15.9 Å². The lowest BCUT2D eigenvalue weighted by Gasteiger charge is -2.07. The van der Waals surface area contributed by atoms with E-state index in [0.29, 0.717) is 11.3 Å². The van der Waals surface area contributed by atoms with Crippen molar-refractivity contribution in [3.05, 3.63) is 29.2 Å². The summed E-state index contributed by atoms with van der Waals surface area (Å²) in [5.74, 6) is 0.0136. The Balaban J connectivity index is 2.61. The first kappa shape index (κ1) is 7.42. The van der Waals surface area contributed by atoms with Crippen molar-refractivity contribution in [1.82, 2.24) is 9.97 Å². The molecule has 0 radical (unpaired) electrons. The van der Waals surface area contributed by atoms with Crippen molar-refractivity contribution in [2.75, 3.05) is 0 Å². The van der Waals surface area contributed by atoms with E-state index in [9.17, 15) is 8.42 Å². The second-order valence-corrected chi connectivity index (χ2v) is 4.43. The minimum atomic E-state index is -3.06. The third-order valence-electron chi connectivity index (χ3n) is 1.61. The molecule has 0 aliphatic carbocycles. The summed E-state index contributed by atoms with van der Waals surface area (Å²) in [5.41, 5.74) is 1.36. The van der Waals surface area contributed by atoms with E-state index < -0.39 is 9.84 Å². The Bertz CT molecular complexity index is 436. The van der Waals surface area contributed by atoms with E-state index in [2.05, 4.69) is 9.97 Å². The molecule has 0 unspecified atom stereocenters. The third-order valence-corrected chi connectivity index (χ3v) is 2.88. The van der Waals surface area contributed by atoms with E-state index >= 15 is 0 Å². The smallest absolute Gasteiger partial charge is 0.175 e. The summed E-state index contributed by atoms with van der Waals surface area (Å²) in [6.07, 6.45) is 4.43. The number of hydrogen-bond donors (Lipinski definition) is 0. The number of sulfone groups is 1. The first-order valence-electron chi connectivity index (χ1n) is 3.37. The van der Waals surface area contributed by atoms with Crippen LogP contribution in [0.25, 0.3) is 6.08 Å². The number of aromatic nitrogens is 2. The molecule has 2 rings (SSSR count). The largest absolute Gasteiger partial charge is 0.244 e. The van der Waals surface area contributed by atoms with Gasteiger partial charge in [0, 0.05) is 17.2 Å². The third kappa shape index (κ3) is 1.23. The molecule has 0 amide bonds. The number of hydrogen-bond acceptors (Lipinski definition) is 4. The van der Waals surface area contributed by atoms with Crippen LogP contribution in [-0.2, 0) is 15.6 Å². The van der Waals surface area contributed by atoms with Crippen LogP contribution in [0.1, 0.15) is 11.3 Å². The Labute approximate surface area is 69.9 Å². The fraction of sp³-hybridized carbons (Fsp3) is 0.143. The van der Waals surface area contributed by atoms with Crippen LogP contribution in [-0.4, -0.2) is 18.4 Å².